The van der Waals surface area contributed by atoms with Crippen LogP contribution in [0.5, 0.6) is 0 Å². The molecule has 2 heterocycles. The number of esters is 1. The highest BCUT2D eigenvalue weighted by atomic mass is 35.5. The van der Waals surface area contributed by atoms with Gasteiger partial charge in [-0.15, -0.1) is 0 Å². The van der Waals surface area contributed by atoms with Crippen LogP contribution in [0.4, 0.5) is 29.6 Å². The Morgan fingerprint density at radius 1 is 1.08 bits per heavy atom. The first-order chi connectivity index (χ1) is 17.5. The topological polar surface area (TPSA) is 125 Å². The highest BCUT2D eigenvalue weighted by Crippen LogP contribution is 2.50. The average molecular weight is 531 g/mol. The molecular weight excluding hydrogens is 517 g/mol. The molecule has 2 amide bonds. The third-order valence-electron chi connectivity index (χ3n) is 5.70. The number of para-hydroxylation sites is 1. The number of rotatable bonds is 4. The molecule has 9 nitrogen and oxygen atoms in total. The maximum atomic E-state index is 13.7. The third kappa shape index (κ3) is 3.91. The van der Waals surface area contributed by atoms with Crippen molar-refractivity contribution >= 4 is 52.2 Å². The Morgan fingerprint density at radius 2 is 1.78 bits per heavy atom. The van der Waals surface area contributed by atoms with Crippen LogP contribution < -0.4 is 10.2 Å². The van der Waals surface area contributed by atoms with E-state index in [2.05, 4.69) is 9.97 Å². The highest BCUT2D eigenvalue weighted by molar-refractivity contribution is 6.34. The number of H-pyrrole nitrogens is 1. The first kappa shape index (κ1) is 24.1. The van der Waals surface area contributed by atoms with Gasteiger partial charge in [0, 0.05) is 16.7 Å². The van der Waals surface area contributed by atoms with Gasteiger partial charge in [-0.05, 0) is 30.3 Å². The summed E-state index contributed by atoms with van der Waals surface area (Å²) in [5.41, 5.74) is -2.06. The van der Waals surface area contributed by atoms with E-state index in [-0.39, 0.29) is 44.4 Å². The molecule has 1 atom stereocenters. The fraction of sp³-hybridized carbons (Fsp3) is 0.0833. The smallest absolute Gasteiger partial charge is 0.465 e. The molecule has 0 saturated carbocycles. The summed E-state index contributed by atoms with van der Waals surface area (Å²) in [5.74, 6) is -3.43. The number of hydrogen-bond acceptors (Lipinski definition) is 5. The van der Waals surface area contributed by atoms with Crippen LogP contribution >= 0.6 is 11.6 Å². The van der Waals surface area contributed by atoms with Gasteiger partial charge >= 0.3 is 18.2 Å². The van der Waals surface area contributed by atoms with Crippen LogP contribution in [-0.4, -0.2) is 39.2 Å². The number of carboxylic acid groups (broad SMARTS) is 1. The summed E-state index contributed by atoms with van der Waals surface area (Å²) in [5, 5.41) is 11.0. The van der Waals surface area contributed by atoms with Crippen molar-refractivity contribution in [1.29, 1.82) is 0 Å². The summed E-state index contributed by atoms with van der Waals surface area (Å²) in [6.45, 7) is 0. The molecule has 0 fully saturated rings. The number of nitrogens with zero attached hydrogens (tertiary/aromatic N) is 2. The van der Waals surface area contributed by atoms with Gasteiger partial charge in [0.2, 0.25) is 11.7 Å². The summed E-state index contributed by atoms with van der Waals surface area (Å²) in [4.78, 5) is 44.7. The number of halogens is 4. The summed E-state index contributed by atoms with van der Waals surface area (Å²) in [7, 11) is 0. The van der Waals surface area contributed by atoms with E-state index in [1.165, 1.54) is 60.7 Å². The van der Waals surface area contributed by atoms with Crippen LogP contribution in [0.2, 0.25) is 5.02 Å². The SMILES string of the molecule is O=C(O)Nc1nc2ccc(C3(OC(=O)C(F)(F)F)c4ccccc4C(=O)N3c3ccccc3Cl)cc2[nH]1. The molecule has 0 radical (unpaired) electrons. The van der Waals surface area contributed by atoms with Crippen LogP contribution in [0.3, 0.4) is 0 Å². The van der Waals surface area contributed by atoms with Gasteiger partial charge in [-0.2, -0.15) is 13.2 Å². The van der Waals surface area contributed by atoms with Gasteiger partial charge in [-0.1, -0.05) is 48.0 Å². The Morgan fingerprint density at radius 3 is 2.49 bits per heavy atom. The zero-order valence-electron chi connectivity index (χ0n) is 18.3. The summed E-state index contributed by atoms with van der Waals surface area (Å²) in [6.07, 6.45) is -6.79. The Balaban J connectivity index is 1.82. The van der Waals surface area contributed by atoms with Crippen LogP contribution in [-0.2, 0) is 15.3 Å². The second-order valence-electron chi connectivity index (χ2n) is 7.92. The van der Waals surface area contributed by atoms with Gasteiger partial charge in [0.15, 0.2) is 0 Å². The van der Waals surface area contributed by atoms with Crippen molar-refractivity contribution < 1.29 is 37.4 Å². The van der Waals surface area contributed by atoms with Crippen molar-refractivity contribution in [2.24, 2.45) is 0 Å². The lowest BCUT2D eigenvalue weighted by atomic mass is 9.92. The first-order valence-corrected chi connectivity index (χ1v) is 10.9. The lowest BCUT2D eigenvalue weighted by molar-refractivity contribution is -0.211. The Bertz CT molecular complexity index is 1590. The lowest BCUT2D eigenvalue weighted by Crippen LogP contribution is -2.50. The number of carbonyl (C=O) groups is 3. The predicted molar refractivity (Wildman–Crippen MR) is 125 cm³/mol. The molecule has 5 rings (SSSR count). The number of aromatic nitrogens is 2. The Hall–Kier alpha value is -4.58. The number of ether oxygens (including phenoxy) is 1. The number of benzene rings is 3. The quantitative estimate of drug-likeness (QED) is 0.309. The van der Waals surface area contributed by atoms with E-state index < -0.39 is 29.9 Å². The summed E-state index contributed by atoms with van der Waals surface area (Å²) < 4.78 is 45.9. The number of hydrogen-bond donors (Lipinski definition) is 3. The van der Waals surface area contributed by atoms with E-state index in [4.69, 9.17) is 21.4 Å². The van der Waals surface area contributed by atoms with Gasteiger partial charge in [-0.25, -0.2) is 14.6 Å². The second-order valence-corrected chi connectivity index (χ2v) is 8.32. The molecule has 1 unspecified atom stereocenters. The Labute approximate surface area is 210 Å². The molecule has 37 heavy (non-hydrogen) atoms. The first-order valence-electron chi connectivity index (χ1n) is 10.5. The Kier molecular flexibility index (Phi) is 5.56. The molecule has 4 aromatic rings. The number of alkyl halides is 3. The van der Waals surface area contributed by atoms with E-state index in [0.29, 0.717) is 0 Å². The molecule has 0 spiro atoms. The minimum Gasteiger partial charge on any atom is -0.465 e. The van der Waals surface area contributed by atoms with Crippen LogP contribution in [0.25, 0.3) is 11.0 Å². The van der Waals surface area contributed by atoms with E-state index in [1.54, 1.807) is 6.07 Å². The summed E-state index contributed by atoms with van der Waals surface area (Å²) in [6, 6.07) is 15.7. The molecular formula is C24H14ClF3N4O5. The average Bonchev–Trinajstić information content (AvgIpc) is 3.34. The third-order valence-corrected chi connectivity index (χ3v) is 6.02. The van der Waals surface area contributed by atoms with Gasteiger partial charge < -0.3 is 14.8 Å². The monoisotopic (exact) mass is 530 g/mol. The molecule has 0 aliphatic carbocycles. The van der Waals surface area contributed by atoms with Crippen molar-refractivity contribution in [2.75, 3.05) is 10.2 Å². The number of aromatic amines is 1. The number of imidazole rings is 1. The zero-order chi connectivity index (χ0) is 26.5. The molecule has 188 valence electrons. The van der Waals surface area contributed by atoms with Gasteiger partial charge in [0.25, 0.3) is 5.91 Å². The maximum Gasteiger partial charge on any atom is 0.491 e. The van der Waals surface area contributed by atoms with E-state index in [9.17, 15) is 27.6 Å². The standard InChI is InChI=1S/C24H14ClF3N4O5/c25-15-7-3-4-8-18(15)32-19(33)13-5-1-2-6-14(13)23(32,37-20(34)24(26,27)28)12-9-10-16-17(11-12)30-21(29-16)31-22(35)36/h1-11H,(H,35,36)(H2,29,30,31). The van der Waals surface area contributed by atoms with Crippen molar-refractivity contribution in [1.82, 2.24) is 9.97 Å². The van der Waals surface area contributed by atoms with Crippen molar-refractivity contribution in [3.05, 3.63) is 88.4 Å². The largest absolute Gasteiger partial charge is 0.491 e. The van der Waals surface area contributed by atoms with Gasteiger partial charge in [0.1, 0.15) is 0 Å². The van der Waals surface area contributed by atoms with Gasteiger partial charge in [-0.3, -0.25) is 15.0 Å². The molecule has 13 heteroatoms. The number of anilines is 2. The van der Waals surface area contributed by atoms with Crippen LogP contribution in [0.1, 0.15) is 21.5 Å². The highest BCUT2D eigenvalue weighted by Gasteiger charge is 2.58. The van der Waals surface area contributed by atoms with Crippen molar-refractivity contribution in [3.8, 4) is 0 Å². The number of fused-ring (bicyclic) bond motifs is 2. The number of amides is 2. The van der Waals surface area contributed by atoms with Gasteiger partial charge in [0.05, 0.1) is 21.7 Å². The van der Waals surface area contributed by atoms with Crippen molar-refractivity contribution in [3.63, 3.8) is 0 Å². The lowest BCUT2D eigenvalue weighted by Gasteiger charge is -2.39. The number of carbonyl (C=O) groups excluding carboxylic acids is 2. The van der Waals surface area contributed by atoms with E-state index in [0.717, 1.165) is 4.90 Å². The predicted octanol–water partition coefficient (Wildman–Crippen LogP) is 5.27. The second kappa shape index (κ2) is 8.52. The molecule has 1 aliphatic rings. The fourth-order valence-corrected chi connectivity index (χ4v) is 4.50. The van der Waals surface area contributed by atoms with Crippen LogP contribution in [0.15, 0.2) is 66.7 Å². The fourth-order valence-electron chi connectivity index (χ4n) is 4.28. The maximum absolute atomic E-state index is 13.7. The molecule has 3 N–H and O–H groups in total. The van der Waals surface area contributed by atoms with Crippen LogP contribution in [0, 0.1) is 0 Å². The van der Waals surface area contributed by atoms with Crippen molar-refractivity contribution in [2.45, 2.75) is 11.9 Å². The molecule has 0 bridgehead atoms. The summed E-state index contributed by atoms with van der Waals surface area (Å²) >= 11 is 6.36. The minimum atomic E-state index is -5.39. The normalized spacial score (nSPS) is 17.1. The zero-order valence-corrected chi connectivity index (χ0v) is 19.1. The van der Waals surface area contributed by atoms with E-state index in [1.807, 2.05) is 5.32 Å². The minimum absolute atomic E-state index is 0.00159. The molecule has 1 aromatic heterocycles. The molecule has 1 aliphatic heterocycles. The van der Waals surface area contributed by atoms with E-state index >= 15 is 0 Å². The molecule has 0 saturated heterocycles. The number of nitrogens with one attached hydrogen (secondary N) is 2. The molecule has 3 aromatic carbocycles.